The van der Waals surface area contributed by atoms with Gasteiger partial charge in [0.2, 0.25) is 0 Å². The summed E-state index contributed by atoms with van der Waals surface area (Å²) in [5, 5.41) is 8.77. The van der Waals surface area contributed by atoms with Gasteiger partial charge < -0.3 is 9.89 Å². The molecule has 0 saturated carbocycles. The molecule has 0 amide bonds. The summed E-state index contributed by atoms with van der Waals surface area (Å²) in [6.45, 7) is 13.3. The minimum atomic E-state index is 0.393. The van der Waals surface area contributed by atoms with Crippen LogP contribution >= 0.6 is 0 Å². The van der Waals surface area contributed by atoms with Crippen molar-refractivity contribution in [1.82, 2.24) is 0 Å². The van der Waals surface area contributed by atoms with Crippen LogP contribution in [0.5, 0.6) is 0 Å². The van der Waals surface area contributed by atoms with Crippen LogP contribution in [0, 0.1) is 5.41 Å². The summed E-state index contributed by atoms with van der Waals surface area (Å²) in [5.74, 6) is 0.491. The van der Waals surface area contributed by atoms with E-state index in [9.17, 15) is 4.79 Å². The van der Waals surface area contributed by atoms with Gasteiger partial charge in [-0.15, -0.1) is 0 Å². The minimum Gasteiger partial charge on any atom is -0.319 e. The predicted octanol–water partition coefficient (Wildman–Crippen LogP) is 13.6. The summed E-state index contributed by atoms with van der Waals surface area (Å²) in [6, 6.07) is 0.393. The van der Waals surface area contributed by atoms with Gasteiger partial charge in [-0.1, -0.05) is 175 Å². The largest absolute Gasteiger partial charge is 0.319 e. The normalized spacial score (nSPS) is 17.2. The van der Waals surface area contributed by atoms with E-state index < -0.39 is 0 Å². The van der Waals surface area contributed by atoms with E-state index in [0.717, 1.165) is 73.8 Å². The first-order valence-corrected chi connectivity index (χ1v) is 20.7. The van der Waals surface area contributed by atoms with Gasteiger partial charge in [0.05, 0.1) is 26.1 Å². The van der Waals surface area contributed by atoms with Crippen molar-refractivity contribution in [3.05, 3.63) is 23.8 Å². The quantitative estimate of drug-likeness (QED) is 0.0432. The molecule has 0 fully saturated rings. The highest BCUT2D eigenvalue weighted by molar-refractivity contribution is 6.01. The number of hydrogen-bond acceptors (Lipinski definition) is 2. The Morgan fingerprint density at radius 2 is 1.09 bits per heavy atom. The number of nitrogens with zero attached hydrogens (tertiary/aromatic N) is 1. The fraction of sp³-hybridized carbons (Fsp3) is 0.860. The number of nitrogens with one attached hydrogen (secondary N) is 1. The SMILES string of the molecule is C=C(C(=N)CCCCCCC)C1=CCC[N+](C)(C(CCCCCCCCCCCCC)CC(=O)CCCCCCCCCCC)C1. The van der Waals surface area contributed by atoms with Crippen molar-refractivity contribution in [3.8, 4) is 0 Å². The van der Waals surface area contributed by atoms with Crippen LogP contribution in [-0.2, 0) is 4.79 Å². The van der Waals surface area contributed by atoms with Crippen LogP contribution in [0.2, 0.25) is 0 Å². The van der Waals surface area contributed by atoms with Crippen molar-refractivity contribution in [2.75, 3.05) is 20.1 Å². The third kappa shape index (κ3) is 20.9. The Balaban J connectivity index is 2.62. The van der Waals surface area contributed by atoms with Crippen LogP contribution in [0.25, 0.3) is 0 Å². The maximum Gasteiger partial charge on any atom is 0.138 e. The summed E-state index contributed by atoms with van der Waals surface area (Å²) in [4.78, 5) is 13.4. The Hall–Kier alpha value is -1.22. The van der Waals surface area contributed by atoms with E-state index in [0.29, 0.717) is 11.8 Å². The third-order valence-electron chi connectivity index (χ3n) is 10.9. The summed E-state index contributed by atoms with van der Waals surface area (Å²) in [5.41, 5.74) is 2.98. The second-order valence-electron chi connectivity index (χ2n) is 15.3. The maximum atomic E-state index is 13.4. The molecule has 0 spiro atoms. The molecule has 46 heavy (non-hydrogen) atoms. The van der Waals surface area contributed by atoms with Gasteiger partial charge in [0, 0.05) is 24.1 Å². The molecule has 0 aromatic rings. The van der Waals surface area contributed by atoms with Gasteiger partial charge >= 0.3 is 0 Å². The molecule has 2 atom stereocenters. The minimum absolute atomic E-state index is 0.393. The highest BCUT2D eigenvalue weighted by atomic mass is 16.1. The molecule has 1 aliphatic rings. The smallest absolute Gasteiger partial charge is 0.138 e. The molecule has 0 bridgehead atoms. The monoisotopic (exact) mass is 642 g/mol. The molecule has 1 N–H and O–H groups in total. The van der Waals surface area contributed by atoms with Crippen LogP contribution in [0.15, 0.2) is 23.8 Å². The average Bonchev–Trinajstić information content (AvgIpc) is 3.05. The molecule has 0 saturated heterocycles. The second kappa shape index (κ2) is 28.8. The van der Waals surface area contributed by atoms with Crippen molar-refractivity contribution in [3.63, 3.8) is 0 Å². The molecule has 1 heterocycles. The van der Waals surface area contributed by atoms with Crippen molar-refractivity contribution in [1.29, 1.82) is 5.41 Å². The highest BCUT2D eigenvalue weighted by Gasteiger charge is 2.36. The zero-order chi connectivity index (χ0) is 33.7. The summed E-state index contributed by atoms with van der Waals surface area (Å²) < 4.78 is 0.954. The Labute approximate surface area is 288 Å². The van der Waals surface area contributed by atoms with E-state index in [4.69, 9.17) is 5.41 Å². The molecule has 3 nitrogen and oxygen atoms in total. The lowest BCUT2D eigenvalue weighted by Crippen LogP contribution is -2.56. The van der Waals surface area contributed by atoms with E-state index in [1.54, 1.807) is 0 Å². The zero-order valence-electron chi connectivity index (χ0n) is 31.8. The number of likely N-dealkylation sites (N-methyl/N-ethyl adjacent to an activating group) is 1. The Bertz CT molecular complexity index is 814. The van der Waals surface area contributed by atoms with E-state index in [1.807, 2.05) is 0 Å². The second-order valence-corrected chi connectivity index (χ2v) is 15.3. The van der Waals surface area contributed by atoms with Gasteiger partial charge in [-0.3, -0.25) is 4.79 Å². The summed E-state index contributed by atoms with van der Waals surface area (Å²) in [6.07, 6.45) is 39.8. The molecule has 0 aliphatic carbocycles. The van der Waals surface area contributed by atoms with Gasteiger partial charge in [0.1, 0.15) is 12.3 Å². The molecule has 0 radical (unpaired) electrons. The fourth-order valence-corrected chi connectivity index (χ4v) is 7.52. The lowest BCUT2D eigenvalue weighted by Gasteiger charge is -2.44. The zero-order valence-corrected chi connectivity index (χ0v) is 31.8. The van der Waals surface area contributed by atoms with E-state index >= 15 is 0 Å². The molecular formula is C43H81N2O+. The first-order chi connectivity index (χ1) is 22.4. The van der Waals surface area contributed by atoms with E-state index in [-0.39, 0.29) is 0 Å². The lowest BCUT2D eigenvalue weighted by atomic mass is 9.90. The van der Waals surface area contributed by atoms with Crippen LogP contribution < -0.4 is 0 Å². The van der Waals surface area contributed by atoms with Crippen molar-refractivity contribution in [2.45, 2.75) is 219 Å². The number of ketones is 1. The fourth-order valence-electron chi connectivity index (χ4n) is 7.52. The summed E-state index contributed by atoms with van der Waals surface area (Å²) >= 11 is 0. The van der Waals surface area contributed by atoms with Crippen LogP contribution in [0.4, 0.5) is 0 Å². The van der Waals surface area contributed by atoms with Crippen molar-refractivity contribution in [2.24, 2.45) is 0 Å². The third-order valence-corrected chi connectivity index (χ3v) is 10.9. The number of Topliss-reactive ketones (excluding diaryl/α,β-unsaturated/α-hetero) is 1. The highest BCUT2D eigenvalue weighted by Crippen LogP contribution is 2.30. The Kier molecular flexibility index (Phi) is 26.8. The van der Waals surface area contributed by atoms with E-state index in [1.165, 1.54) is 153 Å². The molecule has 268 valence electrons. The number of carbonyl (C=O) groups excluding carboxylic acids is 1. The maximum absolute atomic E-state index is 13.4. The van der Waals surface area contributed by atoms with Gasteiger partial charge in [-0.05, 0) is 37.7 Å². The number of unbranched alkanes of at least 4 members (excludes halogenated alkanes) is 22. The molecule has 2 unspecified atom stereocenters. The molecule has 0 aromatic heterocycles. The van der Waals surface area contributed by atoms with Crippen molar-refractivity contribution >= 4 is 11.5 Å². The summed E-state index contributed by atoms with van der Waals surface area (Å²) in [7, 11) is 2.41. The van der Waals surface area contributed by atoms with Crippen molar-refractivity contribution < 1.29 is 9.28 Å². The predicted molar refractivity (Wildman–Crippen MR) is 205 cm³/mol. The number of carbonyl (C=O) groups is 1. The van der Waals surface area contributed by atoms with Gasteiger partial charge in [-0.25, -0.2) is 0 Å². The van der Waals surface area contributed by atoms with Crippen LogP contribution in [0.1, 0.15) is 213 Å². The molecule has 3 heteroatoms. The van der Waals surface area contributed by atoms with E-state index in [2.05, 4.69) is 40.5 Å². The average molecular weight is 642 g/mol. The molecular weight excluding hydrogens is 560 g/mol. The topological polar surface area (TPSA) is 40.9 Å². The van der Waals surface area contributed by atoms with Gasteiger partial charge in [0.25, 0.3) is 0 Å². The number of quaternary nitrogens is 1. The van der Waals surface area contributed by atoms with Crippen LogP contribution in [-0.4, -0.2) is 42.2 Å². The van der Waals surface area contributed by atoms with Crippen LogP contribution in [0.3, 0.4) is 0 Å². The number of rotatable bonds is 33. The Morgan fingerprint density at radius 3 is 1.57 bits per heavy atom. The van der Waals surface area contributed by atoms with Gasteiger partial charge in [0.15, 0.2) is 0 Å². The first kappa shape index (κ1) is 42.8. The lowest BCUT2D eigenvalue weighted by molar-refractivity contribution is -0.930. The first-order valence-electron chi connectivity index (χ1n) is 20.7. The molecule has 1 aliphatic heterocycles. The number of hydrogen-bond donors (Lipinski definition) is 1. The Morgan fingerprint density at radius 1 is 0.674 bits per heavy atom. The molecule has 1 rings (SSSR count). The molecule has 0 aromatic carbocycles. The standard InChI is InChI=1S/C43H81N2O/c1-6-9-12-15-17-19-20-22-23-26-28-33-41(37-42(46)34-29-27-24-21-18-16-13-10-7-2)45(5)36-31-32-40(38-45)39(4)43(44)35-30-25-14-11-8-3/h32,41,44H,4,6-31,33-38H2,1-3,5H3/q+1. The van der Waals surface area contributed by atoms with Gasteiger partial charge in [-0.2, -0.15) is 0 Å².